The van der Waals surface area contributed by atoms with Crippen molar-refractivity contribution in [1.82, 2.24) is 32.1 Å². The van der Waals surface area contributed by atoms with Gasteiger partial charge in [0.1, 0.15) is 25.3 Å². The number of hydrogen-bond acceptors (Lipinski definition) is 10. The van der Waals surface area contributed by atoms with E-state index in [1.54, 1.807) is 38.1 Å². The molecular weight excluding hydrogens is 846 g/mol. The van der Waals surface area contributed by atoms with E-state index >= 15 is 0 Å². The number of fused-ring (bicyclic) bond motifs is 3. The maximum atomic E-state index is 13.5. The highest BCUT2D eigenvalue weighted by Gasteiger charge is 2.38. The average molecular weight is 901 g/mol. The van der Waals surface area contributed by atoms with Gasteiger partial charge in [0.25, 0.3) is 0 Å². The number of amides is 7. The largest absolute Gasteiger partial charge is 0.490 e. The van der Waals surface area contributed by atoms with Gasteiger partial charge in [-0.1, -0.05) is 80.9 Å². The molecular formula is C43H55F3N8O10. The topological polar surface area (TPSA) is 268 Å². The summed E-state index contributed by atoms with van der Waals surface area (Å²) in [5.74, 6) is -4.41. The van der Waals surface area contributed by atoms with Crippen LogP contribution in [-0.4, -0.2) is 92.0 Å². The lowest BCUT2D eigenvalue weighted by Gasteiger charge is -2.25. The number of carboxylic acid groups (broad SMARTS) is 1. The van der Waals surface area contributed by atoms with Crippen molar-refractivity contribution in [3.63, 3.8) is 0 Å². The number of aliphatic carboxylic acids is 1. The van der Waals surface area contributed by atoms with Gasteiger partial charge in [-0.3, -0.25) is 19.8 Å². The molecule has 64 heavy (non-hydrogen) atoms. The summed E-state index contributed by atoms with van der Waals surface area (Å²) in [7, 11) is 1.53. The number of urea groups is 1. The monoisotopic (exact) mass is 900 g/mol. The molecule has 0 bridgehead atoms. The summed E-state index contributed by atoms with van der Waals surface area (Å²) in [6.45, 7) is 4.40. The van der Waals surface area contributed by atoms with Gasteiger partial charge in [-0.2, -0.15) is 13.2 Å². The fourth-order valence-corrected chi connectivity index (χ4v) is 6.46. The first-order valence-electron chi connectivity index (χ1n) is 20.4. The van der Waals surface area contributed by atoms with Gasteiger partial charge in [0.05, 0.1) is 0 Å². The molecule has 0 aliphatic heterocycles. The van der Waals surface area contributed by atoms with Crippen LogP contribution in [0.1, 0.15) is 75.0 Å². The molecule has 7 amide bonds. The predicted molar refractivity (Wildman–Crippen MR) is 228 cm³/mol. The summed E-state index contributed by atoms with van der Waals surface area (Å²) in [6, 6.07) is 20.3. The second kappa shape index (κ2) is 25.9. The smallest absolute Gasteiger partial charge is 0.475 e. The number of unbranched alkanes of at least 4 members (excludes halogenated alkanes) is 2. The quantitative estimate of drug-likeness (QED) is 0.0518. The Morgan fingerprint density at radius 3 is 1.91 bits per heavy atom. The second-order valence-electron chi connectivity index (χ2n) is 14.8. The van der Waals surface area contributed by atoms with E-state index in [4.69, 9.17) is 25.1 Å². The number of ether oxygens (including phenoxy) is 2. The van der Waals surface area contributed by atoms with Crippen molar-refractivity contribution in [2.75, 3.05) is 32.1 Å². The van der Waals surface area contributed by atoms with Gasteiger partial charge < -0.3 is 46.9 Å². The van der Waals surface area contributed by atoms with E-state index in [0.29, 0.717) is 43.5 Å². The van der Waals surface area contributed by atoms with Crippen LogP contribution in [0.5, 0.6) is 0 Å². The van der Waals surface area contributed by atoms with E-state index in [2.05, 4.69) is 61.7 Å². The number of nitrogens with one attached hydrogen (secondary N) is 7. The molecule has 18 nitrogen and oxygen atoms in total. The number of alkyl halides is 3. The van der Waals surface area contributed by atoms with Crippen molar-refractivity contribution >= 4 is 47.6 Å². The number of rotatable bonds is 21. The second-order valence-corrected chi connectivity index (χ2v) is 14.8. The van der Waals surface area contributed by atoms with E-state index in [0.717, 1.165) is 22.3 Å². The molecule has 3 aromatic carbocycles. The molecule has 4 rings (SSSR count). The van der Waals surface area contributed by atoms with Gasteiger partial charge in [-0.25, -0.2) is 24.6 Å². The van der Waals surface area contributed by atoms with Gasteiger partial charge in [0.15, 0.2) is 0 Å². The van der Waals surface area contributed by atoms with Crippen molar-refractivity contribution in [1.29, 1.82) is 0 Å². The third-order valence-corrected chi connectivity index (χ3v) is 9.62. The highest BCUT2D eigenvalue weighted by Crippen LogP contribution is 2.44. The summed E-state index contributed by atoms with van der Waals surface area (Å²) in [5.41, 5.74) is 15.7. The first-order valence-corrected chi connectivity index (χ1v) is 20.4. The van der Waals surface area contributed by atoms with Crippen LogP contribution in [0, 0.1) is 5.92 Å². The number of alkyl carbamates (subject to hydrolysis) is 1. The van der Waals surface area contributed by atoms with E-state index in [1.807, 2.05) is 24.3 Å². The molecule has 3 aromatic rings. The zero-order valence-electron chi connectivity index (χ0n) is 35.6. The lowest BCUT2D eigenvalue weighted by Crippen LogP contribution is -2.54. The molecule has 0 saturated carbocycles. The Kier molecular flexibility index (Phi) is 20.8. The van der Waals surface area contributed by atoms with Crippen LogP contribution in [-0.2, 0) is 35.3 Å². The molecule has 348 valence electrons. The van der Waals surface area contributed by atoms with Crippen molar-refractivity contribution in [2.24, 2.45) is 11.7 Å². The number of primary amides is 1. The Balaban J connectivity index is 0.00000143. The van der Waals surface area contributed by atoms with Gasteiger partial charge in [-0.05, 0) is 71.6 Å². The van der Waals surface area contributed by atoms with E-state index in [1.165, 1.54) is 7.05 Å². The number of nitrogens with two attached hydrogens (primary N) is 1. The number of carbonyl (C=O) groups is 7. The summed E-state index contributed by atoms with van der Waals surface area (Å²) >= 11 is 0. The van der Waals surface area contributed by atoms with Crippen molar-refractivity contribution in [2.45, 2.75) is 83.2 Å². The van der Waals surface area contributed by atoms with Gasteiger partial charge >= 0.3 is 30.4 Å². The molecule has 0 spiro atoms. The van der Waals surface area contributed by atoms with Crippen LogP contribution in [0.3, 0.4) is 0 Å². The Morgan fingerprint density at radius 1 is 0.750 bits per heavy atom. The van der Waals surface area contributed by atoms with Crippen LogP contribution in [0.4, 0.5) is 33.2 Å². The highest BCUT2D eigenvalue weighted by molar-refractivity contribution is 5.98. The molecule has 2 atom stereocenters. The molecule has 1 aliphatic rings. The minimum absolute atomic E-state index is 0.0104. The number of halogens is 3. The number of carbonyl (C=O) groups excluding carboxylic acids is 6. The Labute approximate surface area is 367 Å². The SMILES string of the molecule is CNNC(=O)OCc1ccc(NC(=O)[C@H](CCCNC(N)=O)NC(=O)[C@@H](NC(=O)CCCCCNC(=O)OCC2c3ccccc3-c3ccccc32)C(C)C)cc1.O=C(O)C(F)(F)F. The minimum atomic E-state index is -5.08. The van der Waals surface area contributed by atoms with Crippen molar-refractivity contribution in [3.05, 3.63) is 89.5 Å². The number of benzene rings is 3. The van der Waals surface area contributed by atoms with Crippen LogP contribution >= 0.6 is 0 Å². The molecule has 0 unspecified atom stereocenters. The lowest BCUT2D eigenvalue weighted by molar-refractivity contribution is -0.192. The van der Waals surface area contributed by atoms with Gasteiger partial charge in [0, 0.05) is 38.2 Å². The third-order valence-electron chi connectivity index (χ3n) is 9.62. The minimum Gasteiger partial charge on any atom is -0.475 e. The van der Waals surface area contributed by atoms with Crippen LogP contribution in [0.25, 0.3) is 11.1 Å². The first-order chi connectivity index (χ1) is 30.4. The van der Waals surface area contributed by atoms with Gasteiger partial charge in [0.2, 0.25) is 17.7 Å². The number of carboxylic acids is 1. The average Bonchev–Trinajstić information content (AvgIpc) is 3.57. The van der Waals surface area contributed by atoms with E-state index in [-0.39, 0.29) is 50.3 Å². The van der Waals surface area contributed by atoms with E-state index < -0.39 is 54.3 Å². The molecule has 21 heteroatoms. The molecule has 0 radical (unpaired) electrons. The maximum absolute atomic E-state index is 13.5. The molecule has 0 fully saturated rings. The number of anilines is 1. The highest BCUT2D eigenvalue weighted by atomic mass is 19.4. The lowest BCUT2D eigenvalue weighted by atomic mass is 9.98. The fraction of sp³-hybridized carbons (Fsp3) is 0.419. The molecule has 0 aromatic heterocycles. The van der Waals surface area contributed by atoms with Crippen molar-refractivity contribution in [3.8, 4) is 11.1 Å². The maximum Gasteiger partial charge on any atom is 0.490 e. The molecule has 0 heterocycles. The number of hydrazine groups is 1. The summed E-state index contributed by atoms with van der Waals surface area (Å²) in [6.07, 6.45) is -3.70. The molecule has 1 aliphatic carbocycles. The Morgan fingerprint density at radius 2 is 1.34 bits per heavy atom. The fourth-order valence-electron chi connectivity index (χ4n) is 6.46. The molecule has 10 N–H and O–H groups in total. The Hall–Kier alpha value is -6.90. The normalized spacial score (nSPS) is 12.5. The molecule has 0 saturated heterocycles. The standard InChI is InChI=1S/C41H54N8O8.C2HF3O2/c1-26(2)36(38(52)47-34(16-11-23-44-39(42)53)37(51)46-28-20-18-27(19-21-28)24-56-41(55)49-43-3)48-35(50)17-5-4-10-22-45-40(54)57-25-33-31-14-8-6-12-29(31)30-13-7-9-15-32(30)33;3-2(4,5)1(6)7/h6-9,12-15,18-21,26,33-34,36,43H,4-5,10-11,16-17,22-25H2,1-3H3,(H,45,54)(H,46,51)(H,47,52)(H,48,50)(H,49,55)(H3,42,44,53);(H,6,7)/t34-,36-;/m0./s1. The van der Waals surface area contributed by atoms with Crippen LogP contribution in [0.2, 0.25) is 0 Å². The summed E-state index contributed by atoms with van der Waals surface area (Å²) < 4.78 is 42.4. The zero-order valence-corrected chi connectivity index (χ0v) is 35.6. The zero-order chi connectivity index (χ0) is 47.2. The summed E-state index contributed by atoms with van der Waals surface area (Å²) in [5, 5.41) is 20.7. The number of hydrogen-bond donors (Lipinski definition) is 9. The van der Waals surface area contributed by atoms with Gasteiger partial charge in [-0.15, -0.1) is 0 Å². The van der Waals surface area contributed by atoms with Crippen LogP contribution < -0.4 is 43.2 Å². The first kappa shape index (κ1) is 51.5. The predicted octanol–water partition coefficient (Wildman–Crippen LogP) is 4.79. The van der Waals surface area contributed by atoms with Crippen molar-refractivity contribution < 1.29 is 61.3 Å². The summed E-state index contributed by atoms with van der Waals surface area (Å²) in [4.78, 5) is 83.9. The Bertz CT molecular complexity index is 2010. The van der Waals surface area contributed by atoms with Crippen LogP contribution in [0.15, 0.2) is 72.8 Å². The third kappa shape index (κ3) is 17.5. The van der Waals surface area contributed by atoms with E-state index in [9.17, 15) is 41.9 Å².